The number of methoxy groups -OCH3 is 1. The summed E-state index contributed by atoms with van der Waals surface area (Å²) in [5.41, 5.74) is 3.87. The molecule has 0 fully saturated rings. The summed E-state index contributed by atoms with van der Waals surface area (Å²) < 4.78 is 5.11. The molecule has 0 radical (unpaired) electrons. The molecule has 138 valence electrons. The monoisotopic (exact) mass is 382 g/mol. The van der Waals surface area contributed by atoms with Gasteiger partial charge >= 0.3 is 0 Å². The summed E-state index contributed by atoms with van der Waals surface area (Å²) in [7, 11) is 1.53. The molecule has 0 aliphatic carbocycles. The lowest BCUT2D eigenvalue weighted by Gasteiger charge is -2.10. The van der Waals surface area contributed by atoms with Crippen LogP contribution in [-0.4, -0.2) is 23.0 Å². The molecule has 0 spiro atoms. The summed E-state index contributed by atoms with van der Waals surface area (Å²) in [6.45, 7) is 4.00. The standard InChI is InChI=1S/C20H19ClN4O2/c1-12-4-5-13(2)17(10-12)25-20-22-9-8-16(24-20)19(26)23-14-6-7-18(27-3)15(21)11-14/h4-11H,1-3H3,(H,23,26)(H,22,24,25). The van der Waals surface area contributed by atoms with E-state index in [4.69, 9.17) is 16.3 Å². The van der Waals surface area contributed by atoms with Crippen LogP contribution >= 0.6 is 11.6 Å². The maximum atomic E-state index is 12.5. The quantitative estimate of drug-likeness (QED) is 0.665. The predicted octanol–water partition coefficient (Wildman–Crippen LogP) is 4.75. The summed E-state index contributed by atoms with van der Waals surface area (Å²) in [5, 5.41) is 6.33. The lowest BCUT2D eigenvalue weighted by Crippen LogP contribution is -2.15. The Kier molecular flexibility index (Phi) is 5.57. The second-order valence-electron chi connectivity index (χ2n) is 6.01. The van der Waals surface area contributed by atoms with Gasteiger partial charge in [0, 0.05) is 17.6 Å². The van der Waals surface area contributed by atoms with Crippen molar-refractivity contribution in [2.75, 3.05) is 17.7 Å². The average molecular weight is 383 g/mol. The molecule has 0 saturated heterocycles. The molecule has 2 aromatic carbocycles. The molecule has 3 aromatic rings. The van der Waals surface area contributed by atoms with E-state index in [-0.39, 0.29) is 11.6 Å². The second kappa shape index (κ2) is 8.05. The highest BCUT2D eigenvalue weighted by Gasteiger charge is 2.11. The second-order valence-corrected chi connectivity index (χ2v) is 6.42. The van der Waals surface area contributed by atoms with E-state index in [1.54, 1.807) is 24.3 Å². The number of carbonyl (C=O) groups is 1. The highest BCUT2D eigenvalue weighted by Crippen LogP contribution is 2.27. The third-order valence-electron chi connectivity index (χ3n) is 3.94. The van der Waals surface area contributed by atoms with Gasteiger partial charge in [0.05, 0.1) is 12.1 Å². The first kappa shape index (κ1) is 18.7. The number of hydrogen-bond donors (Lipinski definition) is 2. The smallest absolute Gasteiger partial charge is 0.274 e. The molecule has 1 aromatic heterocycles. The van der Waals surface area contributed by atoms with Crippen LogP contribution in [-0.2, 0) is 0 Å². The number of amides is 1. The van der Waals surface area contributed by atoms with Gasteiger partial charge in [0.15, 0.2) is 0 Å². The normalized spacial score (nSPS) is 10.4. The minimum Gasteiger partial charge on any atom is -0.495 e. The molecular weight excluding hydrogens is 364 g/mol. The maximum Gasteiger partial charge on any atom is 0.274 e. The van der Waals surface area contributed by atoms with Gasteiger partial charge in [-0.2, -0.15) is 0 Å². The number of halogens is 1. The van der Waals surface area contributed by atoms with Crippen LogP contribution in [0.25, 0.3) is 0 Å². The summed E-state index contributed by atoms with van der Waals surface area (Å²) in [6.07, 6.45) is 1.54. The predicted molar refractivity (Wildman–Crippen MR) is 107 cm³/mol. The molecule has 1 amide bonds. The molecule has 2 N–H and O–H groups in total. The number of hydrogen-bond acceptors (Lipinski definition) is 5. The number of benzene rings is 2. The average Bonchev–Trinajstić information content (AvgIpc) is 2.65. The Balaban J connectivity index is 1.77. The van der Waals surface area contributed by atoms with Crippen LogP contribution in [0.1, 0.15) is 21.6 Å². The van der Waals surface area contributed by atoms with Gasteiger partial charge < -0.3 is 15.4 Å². The van der Waals surface area contributed by atoms with Crippen LogP contribution in [0.3, 0.4) is 0 Å². The summed E-state index contributed by atoms with van der Waals surface area (Å²) in [4.78, 5) is 21.0. The molecule has 7 heteroatoms. The van der Waals surface area contributed by atoms with E-state index in [0.29, 0.717) is 22.4 Å². The number of aryl methyl sites for hydroxylation is 2. The molecule has 1 heterocycles. The van der Waals surface area contributed by atoms with E-state index in [2.05, 4.69) is 20.6 Å². The van der Waals surface area contributed by atoms with Crippen LogP contribution in [0.4, 0.5) is 17.3 Å². The third-order valence-corrected chi connectivity index (χ3v) is 4.23. The summed E-state index contributed by atoms with van der Waals surface area (Å²) >= 11 is 6.09. The van der Waals surface area contributed by atoms with E-state index in [0.717, 1.165) is 16.8 Å². The molecule has 27 heavy (non-hydrogen) atoms. The summed E-state index contributed by atoms with van der Waals surface area (Å²) in [5.74, 6) is 0.531. The fourth-order valence-corrected chi connectivity index (χ4v) is 2.73. The van der Waals surface area contributed by atoms with Crippen LogP contribution in [0, 0.1) is 13.8 Å². The first-order valence-electron chi connectivity index (χ1n) is 8.28. The van der Waals surface area contributed by atoms with Gasteiger partial charge in [0.25, 0.3) is 5.91 Å². The molecule has 0 aliphatic rings. The Hall–Kier alpha value is -3.12. The molecule has 3 rings (SSSR count). The fourth-order valence-electron chi connectivity index (χ4n) is 2.48. The number of anilines is 3. The van der Waals surface area contributed by atoms with Crippen LogP contribution < -0.4 is 15.4 Å². The lowest BCUT2D eigenvalue weighted by molar-refractivity contribution is 0.102. The Morgan fingerprint density at radius 1 is 1.11 bits per heavy atom. The molecular formula is C20H19ClN4O2. The van der Waals surface area contributed by atoms with Gasteiger partial charge in [-0.05, 0) is 55.3 Å². The molecule has 6 nitrogen and oxygen atoms in total. The van der Waals surface area contributed by atoms with Crippen LogP contribution in [0.2, 0.25) is 5.02 Å². The van der Waals surface area contributed by atoms with Crippen molar-refractivity contribution in [3.05, 3.63) is 70.5 Å². The minimum atomic E-state index is -0.359. The van der Waals surface area contributed by atoms with Gasteiger partial charge in [-0.1, -0.05) is 23.7 Å². The Morgan fingerprint density at radius 3 is 2.67 bits per heavy atom. The topological polar surface area (TPSA) is 76.1 Å². The molecule has 0 unspecified atom stereocenters. The number of nitrogens with zero attached hydrogens (tertiary/aromatic N) is 2. The maximum absolute atomic E-state index is 12.5. The van der Waals surface area contributed by atoms with E-state index in [1.165, 1.54) is 13.3 Å². The zero-order chi connectivity index (χ0) is 19.4. The molecule has 0 aliphatic heterocycles. The SMILES string of the molecule is COc1ccc(NC(=O)c2ccnc(Nc3cc(C)ccc3C)n2)cc1Cl. The third kappa shape index (κ3) is 4.54. The van der Waals surface area contributed by atoms with Crippen molar-refractivity contribution >= 4 is 34.8 Å². The van der Waals surface area contributed by atoms with Gasteiger partial charge in [0.2, 0.25) is 5.95 Å². The van der Waals surface area contributed by atoms with E-state index >= 15 is 0 Å². The van der Waals surface area contributed by atoms with Crippen LogP contribution in [0.15, 0.2) is 48.7 Å². The van der Waals surface area contributed by atoms with Gasteiger partial charge in [0.1, 0.15) is 11.4 Å². The van der Waals surface area contributed by atoms with Crippen molar-refractivity contribution in [2.24, 2.45) is 0 Å². The van der Waals surface area contributed by atoms with Crippen molar-refractivity contribution in [1.29, 1.82) is 0 Å². The first-order chi connectivity index (χ1) is 13.0. The molecule has 0 saturated carbocycles. The number of aromatic nitrogens is 2. The number of carbonyl (C=O) groups excluding carboxylic acids is 1. The van der Waals surface area contributed by atoms with E-state index in [9.17, 15) is 4.79 Å². The zero-order valence-corrected chi connectivity index (χ0v) is 16.0. The minimum absolute atomic E-state index is 0.241. The van der Waals surface area contributed by atoms with E-state index in [1.807, 2.05) is 32.0 Å². The Labute approximate surface area is 162 Å². The fraction of sp³-hybridized carbons (Fsp3) is 0.150. The highest BCUT2D eigenvalue weighted by atomic mass is 35.5. The highest BCUT2D eigenvalue weighted by molar-refractivity contribution is 6.32. The van der Waals surface area contributed by atoms with Gasteiger partial charge in [-0.25, -0.2) is 9.97 Å². The number of nitrogens with one attached hydrogen (secondary N) is 2. The summed E-state index contributed by atoms with van der Waals surface area (Å²) in [6, 6.07) is 12.6. The van der Waals surface area contributed by atoms with Crippen LogP contribution in [0.5, 0.6) is 5.75 Å². The van der Waals surface area contributed by atoms with Crippen molar-refractivity contribution in [2.45, 2.75) is 13.8 Å². The van der Waals surface area contributed by atoms with E-state index < -0.39 is 0 Å². The van der Waals surface area contributed by atoms with Crippen molar-refractivity contribution < 1.29 is 9.53 Å². The zero-order valence-electron chi connectivity index (χ0n) is 15.2. The van der Waals surface area contributed by atoms with Gasteiger partial charge in [-0.15, -0.1) is 0 Å². The Morgan fingerprint density at radius 2 is 1.93 bits per heavy atom. The number of rotatable bonds is 5. The van der Waals surface area contributed by atoms with Gasteiger partial charge in [-0.3, -0.25) is 4.79 Å². The molecule has 0 bridgehead atoms. The van der Waals surface area contributed by atoms with Crippen molar-refractivity contribution in [3.8, 4) is 5.75 Å². The van der Waals surface area contributed by atoms with Crippen molar-refractivity contribution in [3.63, 3.8) is 0 Å². The molecule has 0 atom stereocenters. The Bertz CT molecular complexity index is 991. The largest absolute Gasteiger partial charge is 0.495 e. The van der Waals surface area contributed by atoms with Crippen molar-refractivity contribution in [1.82, 2.24) is 9.97 Å². The lowest BCUT2D eigenvalue weighted by atomic mass is 10.1. The first-order valence-corrected chi connectivity index (χ1v) is 8.66. The number of ether oxygens (including phenoxy) is 1.